The highest BCUT2D eigenvalue weighted by Gasteiger charge is 2.33. The van der Waals surface area contributed by atoms with Gasteiger partial charge in [0.25, 0.3) is 0 Å². The Balaban J connectivity index is 2.33. The first-order valence-electron chi connectivity index (χ1n) is 6.64. The lowest BCUT2D eigenvalue weighted by Gasteiger charge is -2.33. The Morgan fingerprint density at radius 2 is 2.25 bits per heavy atom. The largest absolute Gasteiger partial charge is 0.315 e. The first-order valence-corrected chi connectivity index (χ1v) is 10.5. The molecule has 2 rings (SSSR count). The molecule has 0 aromatic carbocycles. The van der Waals surface area contributed by atoms with E-state index in [2.05, 4.69) is 37.2 Å². The molecule has 0 amide bonds. The third kappa shape index (κ3) is 3.64. The molecule has 0 saturated carbocycles. The molecule has 1 aliphatic heterocycles. The van der Waals surface area contributed by atoms with Crippen LogP contribution in [0.25, 0.3) is 0 Å². The summed E-state index contributed by atoms with van der Waals surface area (Å²) in [5.74, 6) is 0. The van der Waals surface area contributed by atoms with Crippen LogP contribution in [0.15, 0.2) is 18.5 Å². The highest BCUT2D eigenvalue weighted by Crippen LogP contribution is 2.37. The number of hydrogen-bond donors (Lipinski definition) is 1. The van der Waals surface area contributed by atoms with Crippen LogP contribution in [0.5, 0.6) is 0 Å². The smallest absolute Gasteiger partial charge is 0.245 e. The zero-order valence-corrected chi connectivity index (χ0v) is 16.0. The summed E-state index contributed by atoms with van der Waals surface area (Å²) < 4.78 is 29.0. The third-order valence-corrected chi connectivity index (χ3v) is 8.04. The molecule has 1 aromatic rings. The average molecular weight is 446 g/mol. The van der Waals surface area contributed by atoms with Gasteiger partial charge in [-0.25, -0.2) is 8.42 Å². The standard InChI is InChI=1S/C12H18Br2N2O2S2/c1-2-6-16(9-4-3-5-15-8-9)20(17,18)10-7-11(13)19-12(10)14/h7,9,15H,2-6,8H2,1H3. The maximum Gasteiger partial charge on any atom is 0.245 e. The summed E-state index contributed by atoms with van der Waals surface area (Å²) >= 11 is 8.11. The van der Waals surface area contributed by atoms with Gasteiger partial charge in [-0.15, -0.1) is 11.3 Å². The van der Waals surface area contributed by atoms with Gasteiger partial charge >= 0.3 is 0 Å². The number of sulfonamides is 1. The van der Waals surface area contributed by atoms with Gasteiger partial charge in [0.1, 0.15) is 4.90 Å². The number of piperidine rings is 1. The minimum absolute atomic E-state index is 0.0549. The van der Waals surface area contributed by atoms with Crippen molar-refractivity contribution in [3.05, 3.63) is 13.6 Å². The van der Waals surface area contributed by atoms with Crippen LogP contribution in [0.3, 0.4) is 0 Å². The van der Waals surface area contributed by atoms with Gasteiger partial charge in [-0.05, 0) is 63.7 Å². The van der Waals surface area contributed by atoms with E-state index in [4.69, 9.17) is 0 Å². The molecule has 1 unspecified atom stereocenters. The van der Waals surface area contributed by atoms with Crippen molar-refractivity contribution >= 4 is 53.2 Å². The van der Waals surface area contributed by atoms with Gasteiger partial charge in [0, 0.05) is 19.1 Å². The Bertz CT molecular complexity index is 554. The van der Waals surface area contributed by atoms with Crippen LogP contribution >= 0.6 is 43.2 Å². The molecule has 1 saturated heterocycles. The van der Waals surface area contributed by atoms with Crippen LogP contribution in [0, 0.1) is 0 Å². The molecule has 8 heteroatoms. The summed E-state index contributed by atoms with van der Waals surface area (Å²) in [6.07, 6.45) is 2.77. The van der Waals surface area contributed by atoms with E-state index in [0.29, 0.717) is 15.2 Å². The molecular weight excluding hydrogens is 428 g/mol. The van der Waals surface area contributed by atoms with Crippen molar-refractivity contribution in [1.82, 2.24) is 9.62 Å². The van der Waals surface area contributed by atoms with Gasteiger partial charge in [0.15, 0.2) is 0 Å². The second kappa shape index (κ2) is 7.19. The normalized spacial score (nSPS) is 20.5. The van der Waals surface area contributed by atoms with Crippen molar-refractivity contribution in [3.8, 4) is 0 Å². The topological polar surface area (TPSA) is 49.4 Å². The maximum atomic E-state index is 12.9. The Morgan fingerprint density at radius 1 is 1.50 bits per heavy atom. The molecule has 1 atom stereocenters. The molecule has 0 aliphatic carbocycles. The summed E-state index contributed by atoms with van der Waals surface area (Å²) in [4.78, 5) is 0.369. The number of nitrogens with zero attached hydrogens (tertiary/aromatic N) is 1. The van der Waals surface area contributed by atoms with Gasteiger partial charge < -0.3 is 5.32 Å². The fourth-order valence-corrected chi connectivity index (χ4v) is 7.94. The molecule has 0 bridgehead atoms. The Hall–Kier alpha value is 0.530. The molecule has 0 spiro atoms. The molecular formula is C12H18Br2N2O2S2. The van der Waals surface area contributed by atoms with E-state index >= 15 is 0 Å². The quantitative estimate of drug-likeness (QED) is 0.755. The Morgan fingerprint density at radius 3 is 2.75 bits per heavy atom. The fourth-order valence-electron chi connectivity index (χ4n) is 2.43. The van der Waals surface area contributed by atoms with Crippen molar-refractivity contribution in [1.29, 1.82) is 0 Å². The predicted molar refractivity (Wildman–Crippen MR) is 89.8 cm³/mol. The molecule has 1 aliphatic rings. The van der Waals surface area contributed by atoms with Crippen LogP contribution in [0.2, 0.25) is 0 Å². The number of rotatable bonds is 5. The van der Waals surface area contributed by atoms with Crippen molar-refractivity contribution in [3.63, 3.8) is 0 Å². The minimum atomic E-state index is -3.45. The lowest BCUT2D eigenvalue weighted by atomic mass is 10.1. The second-order valence-corrected chi connectivity index (χ2v) is 10.4. The van der Waals surface area contributed by atoms with Crippen LogP contribution in [-0.2, 0) is 10.0 Å². The number of nitrogens with one attached hydrogen (secondary N) is 1. The molecule has 4 nitrogen and oxygen atoms in total. The summed E-state index contributed by atoms with van der Waals surface area (Å²) in [6, 6.07) is 1.74. The van der Waals surface area contributed by atoms with E-state index < -0.39 is 10.0 Å². The lowest BCUT2D eigenvalue weighted by molar-refractivity contribution is 0.266. The Labute approximate surface area is 141 Å². The highest BCUT2D eigenvalue weighted by atomic mass is 79.9. The van der Waals surface area contributed by atoms with Crippen LogP contribution in [0.4, 0.5) is 0 Å². The number of hydrogen-bond acceptors (Lipinski definition) is 4. The van der Waals surface area contributed by atoms with Gasteiger partial charge in [-0.2, -0.15) is 4.31 Å². The molecule has 2 heterocycles. The van der Waals surface area contributed by atoms with Crippen molar-refractivity contribution in [2.75, 3.05) is 19.6 Å². The zero-order valence-electron chi connectivity index (χ0n) is 11.2. The molecule has 0 radical (unpaired) electrons. The van der Waals surface area contributed by atoms with Crippen molar-refractivity contribution < 1.29 is 8.42 Å². The van der Waals surface area contributed by atoms with Crippen molar-refractivity contribution in [2.45, 2.75) is 37.1 Å². The van der Waals surface area contributed by atoms with Crippen LogP contribution < -0.4 is 5.32 Å². The predicted octanol–water partition coefficient (Wildman–Crippen LogP) is 3.43. The highest BCUT2D eigenvalue weighted by molar-refractivity contribution is 9.12. The Kier molecular flexibility index (Phi) is 6.08. The van der Waals surface area contributed by atoms with Crippen LogP contribution in [0.1, 0.15) is 26.2 Å². The number of halogens is 2. The molecule has 1 aromatic heterocycles. The third-order valence-electron chi connectivity index (χ3n) is 3.33. The van der Waals surface area contributed by atoms with Gasteiger partial charge in [0.2, 0.25) is 10.0 Å². The molecule has 1 fully saturated rings. The van der Waals surface area contributed by atoms with E-state index in [0.717, 1.165) is 36.1 Å². The van der Waals surface area contributed by atoms with Gasteiger partial charge in [-0.3, -0.25) is 0 Å². The number of thiophene rings is 1. The minimum Gasteiger partial charge on any atom is -0.315 e. The SMILES string of the molecule is CCCN(C1CCCNC1)S(=O)(=O)c1cc(Br)sc1Br. The van der Waals surface area contributed by atoms with Gasteiger partial charge in [-0.1, -0.05) is 6.92 Å². The summed E-state index contributed by atoms with van der Waals surface area (Å²) in [7, 11) is -3.45. The monoisotopic (exact) mass is 444 g/mol. The first kappa shape index (κ1) is 16.9. The summed E-state index contributed by atoms with van der Waals surface area (Å²) in [5.41, 5.74) is 0. The van der Waals surface area contributed by atoms with Gasteiger partial charge in [0.05, 0.1) is 7.57 Å². The van der Waals surface area contributed by atoms with Crippen LogP contribution in [-0.4, -0.2) is 38.4 Å². The molecule has 20 heavy (non-hydrogen) atoms. The first-order chi connectivity index (χ1) is 9.46. The van der Waals surface area contributed by atoms with E-state index in [1.165, 1.54) is 11.3 Å². The molecule has 114 valence electrons. The van der Waals surface area contributed by atoms with E-state index in [-0.39, 0.29) is 6.04 Å². The average Bonchev–Trinajstić information content (AvgIpc) is 2.76. The van der Waals surface area contributed by atoms with E-state index in [1.54, 1.807) is 10.4 Å². The maximum absolute atomic E-state index is 12.9. The van der Waals surface area contributed by atoms with Crippen molar-refractivity contribution in [2.24, 2.45) is 0 Å². The van der Waals surface area contributed by atoms with E-state index in [9.17, 15) is 8.42 Å². The summed E-state index contributed by atoms with van der Waals surface area (Å²) in [5, 5.41) is 3.29. The fraction of sp³-hybridized carbons (Fsp3) is 0.667. The summed E-state index contributed by atoms with van der Waals surface area (Å²) in [6.45, 7) is 4.29. The van der Waals surface area contributed by atoms with E-state index in [1.807, 2.05) is 6.92 Å². The molecule has 1 N–H and O–H groups in total. The lowest BCUT2D eigenvalue weighted by Crippen LogP contribution is -2.48. The second-order valence-electron chi connectivity index (χ2n) is 4.80. The zero-order chi connectivity index (χ0) is 14.8.